The zero-order chi connectivity index (χ0) is 13.9. The van der Waals surface area contributed by atoms with Crippen LogP contribution in [0.15, 0.2) is 36.7 Å². The van der Waals surface area contributed by atoms with Crippen LogP contribution in [0.2, 0.25) is 0 Å². The maximum Gasteiger partial charge on any atom is 0.416 e. The van der Waals surface area contributed by atoms with Gasteiger partial charge in [-0.1, -0.05) is 6.07 Å². The van der Waals surface area contributed by atoms with E-state index in [0.29, 0.717) is 0 Å². The fourth-order valence-electron chi connectivity index (χ4n) is 1.31. The van der Waals surface area contributed by atoms with Crippen LogP contribution in [0.25, 0.3) is 0 Å². The van der Waals surface area contributed by atoms with Gasteiger partial charge in [0.25, 0.3) is 0 Å². The van der Waals surface area contributed by atoms with Crippen LogP contribution in [0, 0.1) is 11.3 Å². The van der Waals surface area contributed by atoms with Crippen molar-refractivity contribution in [3.05, 3.63) is 47.9 Å². The van der Waals surface area contributed by atoms with E-state index in [1.807, 2.05) is 0 Å². The highest BCUT2D eigenvalue weighted by Gasteiger charge is 2.30. The van der Waals surface area contributed by atoms with Crippen LogP contribution in [-0.2, 0) is 6.18 Å². The Morgan fingerprint density at radius 1 is 1.21 bits per heavy atom. The van der Waals surface area contributed by atoms with Crippen molar-refractivity contribution < 1.29 is 17.9 Å². The number of nitriles is 1. The molecule has 0 amide bonds. The van der Waals surface area contributed by atoms with Gasteiger partial charge in [0, 0.05) is 0 Å². The normalized spacial score (nSPS) is 10.8. The molecule has 2 rings (SSSR count). The number of ether oxygens (including phenoxy) is 1. The molecular weight excluding hydrogens is 259 g/mol. The maximum atomic E-state index is 12.5. The summed E-state index contributed by atoms with van der Waals surface area (Å²) in [6.45, 7) is 0. The number of nitrogens with zero attached hydrogens (tertiary/aromatic N) is 3. The molecule has 0 spiro atoms. The van der Waals surface area contributed by atoms with Crippen LogP contribution in [0.1, 0.15) is 11.3 Å². The Morgan fingerprint density at radius 3 is 2.68 bits per heavy atom. The van der Waals surface area contributed by atoms with E-state index in [2.05, 4.69) is 9.97 Å². The van der Waals surface area contributed by atoms with Gasteiger partial charge in [-0.3, -0.25) is 4.98 Å². The van der Waals surface area contributed by atoms with Gasteiger partial charge in [0.15, 0.2) is 5.69 Å². The Bertz CT molecular complexity index is 635. The first kappa shape index (κ1) is 12.8. The number of alkyl halides is 3. The number of halogens is 3. The predicted octanol–water partition coefficient (Wildman–Crippen LogP) is 3.16. The molecule has 1 aromatic carbocycles. The average Bonchev–Trinajstić information content (AvgIpc) is 2.38. The number of benzene rings is 1. The molecule has 0 saturated heterocycles. The third-order valence-corrected chi connectivity index (χ3v) is 2.11. The van der Waals surface area contributed by atoms with Crippen LogP contribution < -0.4 is 4.74 Å². The minimum atomic E-state index is -4.44. The van der Waals surface area contributed by atoms with E-state index >= 15 is 0 Å². The van der Waals surface area contributed by atoms with Gasteiger partial charge < -0.3 is 4.74 Å². The molecule has 19 heavy (non-hydrogen) atoms. The first-order valence-electron chi connectivity index (χ1n) is 5.06. The third kappa shape index (κ3) is 3.19. The Morgan fingerprint density at radius 2 is 2.00 bits per heavy atom. The SMILES string of the molecule is N#Cc1cncc(Oc2cccc(C(F)(F)F)c2)n1. The topological polar surface area (TPSA) is 58.8 Å². The summed E-state index contributed by atoms with van der Waals surface area (Å²) in [5.74, 6) is -0.0717. The third-order valence-electron chi connectivity index (χ3n) is 2.11. The van der Waals surface area contributed by atoms with E-state index < -0.39 is 11.7 Å². The molecule has 0 fully saturated rings. The molecule has 0 aliphatic heterocycles. The summed E-state index contributed by atoms with van der Waals surface area (Å²) >= 11 is 0. The lowest BCUT2D eigenvalue weighted by molar-refractivity contribution is -0.137. The Hall–Kier alpha value is -2.62. The summed E-state index contributed by atoms with van der Waals surface area (Å²) in [5.41, 5.74) is -0.807. The Balaban J connectivity index is 2.26. The Labute approximate surface area is 106 Å². The molecular formula is C12H6F3N3O. The molecule has 0 bridgehead atoms. The molecule has 0 radical (unpaired) electrons. The Kier molecular flexibility index (Phi) is 3.33. The van der Waals surface area contributed by atoms with Crippen molar-refractivity contribution in [1.82, 2.24) is 9.97 Å². The lowest BCUT2D eigenvalue weighted by atomic mass is 10.2. The molecule has 0 aliphatic rings. The largest absolute Gasteiger partial charge is 0.437 e. The minimum Gasteiger partial charge on any atom is -0.437 e. The standard InChI is InChI=1S/C12H6F3N3O/c13-12(14,15)8-2-1-3-10(4-8)19-11-7-17-6-9(5-16)18-11/h1-4,6-7H. The van der Waals surface area contributed by atoms with E-state index in [1.54, 1.807) is 6.07 Å². The van der Waals surface area contributed by atoms with E-state index in [-0.39, 0.29) is 17.3 Å². The predicted molar refractivity (Wildman–Crippen MR) is 58.3 cm³/mol. The number of hydrogen-bond donors (Lipinski definition) is 0. The highest BCUT2D eigenvalue weighted by atomic mass is 19.4. The molecule has 0 saturated carbocycles. The van der Waals surface area contributed by atoms with Crippen LogP contribution in [0.5, 0.6) is 11.6 Å². The quantitative estimate of drug-likeness (QED) is 0.836. The summed E-state index contributed by atoms with van der Waals surface area (Å²) < 4.78 is 42.6. The number of hydrogen-bond acceptors (Lipinski definition) is 4. The molecule has 2 aromatic rings. The molecule has 1 aromatic heterocycles. The molecule has 0 N–H and O–H groups in total. The van der Waals surface area contributed by atoms with Crippen molar-refractivity contribution in [2.75, 3.05) is 0 Å². The second-order valence-corrected chi connectivity index (χ2v) is 3.48. The van der Waals surface area contributed by atoms with Crippen molar-refractivity contribution >= 4 is 0 Å². The zero-order valence-corrected chi connectivity index (χ0v) is 9.35. The van der Waals surface area contributed by atoms with Gasteiger partial charge in [0.2, 0.25) is 5.88 Å². The smallest absolute Gasteiger partial charge is 0.416 e. The highest BCUT2D eigenvalue weighted by molar-refractivity contribution is 5.33. The summed E-state index contributed by atoms with van der Waals surface area (Å²) in [7, 11) is 0. The molecule has 0 atom stereocenters. The molecule has 1 heterocycles. The first-order chi connectivity index (χ1) is 8.99. The molecule has 7 heteroatoms. The zero-order valence-electron chi connectivity index (χ0n) is 9.35. The van der Waals surface area contributed by atoms with E-state index in [1.165, 1.54) is 24.5 Å². The van der Waals surface area contributed by atoms with Crippen LogP contribution >= 0.6 is 0 Å². The van der Waals surface area contributed by atoms with Gasteiger partial charge in [-0.05, 0) is 18.2 Å². The monoisotopic (exact) mass is 265 g/mol. The fraction of sp³-hybridized carbons (Fsp3) is 0.0833. The first-order valence-corrected chi connectivity index (χ1v) is 5.06. The van der Waals surface area contributed by atoms with Crippen molar-refractivity contribution in [2.24, 2.45) is 0 Å². The van der Waals surface area contributed by atoms with Gasteiger partial charge in [-0.2, -0.15) is 23.4 Å². The van der Waals surface area contributed by atoms with Gasteiger partial charge in [0.05, 0.1) is 18.0 Å². The fourth-order valence-corrected chi connectivity index (χ4v) is 1.31. The van der Waals surface area contributed by atoms with Gasteiger partial charge in [-0.15, -0.1) is 0 Å². The van der Waals surface area contributed by atoms with Crippen molar-refractivity contribution in [3.63, 3.8) is 0 Å². The van der Waals surface area contributed by atoms with Crippen molar-refractivity contribution in [2.45, 2.75) is 6.18 Å². The lowest BCUT2D eigenvalue weighted by Crippen LogP contribution is -2.04. The van der Waals surface area contributed by atoms with Crippen LogP contribution in [-0.4, -0.2) is 9.97 Å². The average molecular weight is 265 g/mol. The van der Waals surface area contributed by atoms with Gasteiger partial charge in [0.1, 0.15) is 11.8 Å². The molecule has 96 valence electrons. The summed E-state index contributed by atoms with van der Waals surface area (Å²) in [6, 6.07) is 6.12. The number of rotatable bonds is 2. The van der Waals surface area contributed by atoms with Gasteiger partial charge in [-0.25, -0.2) is 0 Å². The summed E-state index contributed by atoms with van der Waals surface area (Å²) in [4.78, 5) is 7.44. The molecule has 4 nitrogen and oxygen atoms in total. The van der Waals surface area contributed by atoms with Crippen molar-refractivity contribution in [3.8, 4) is 17.7 Å². The molecule has 0 aliphatic carbocycles. The van der Waals surface area contributed by atoms with E-state index in [0.717, 1.165) is 12.1 Å². The van der Waals surface area contributed by atoms with Gasteiger partial charge >= 0.3 is 6.18 Å². The summed E-state index contributed by atoms with van der Waals surface area (Å²) in [6.07, 6.45) is -2.01. The second kappa shape index (κ2) is 4.94. The number of aromatic nitrogens is 2. The molecule has 0 unspecified atom stereocenters. The second-order valence-electron chi connectivity index (χ2n) is 3.48. The highest BCUT2D eigenvalue weighted by Crippen LogP contribution is 2.32. The minimum absolute atomic E-state index is 0.0180. The van der Waals surface area contributed by atoms with E-state index in [9.17, 15) is 13.2 Å². The van der Waals surface area contributed by atoms with Crippen LogP contribution in [0.3, 0.4) is 0 Å². The van der Waals surface area contributed by atoms with Crippen molar-refractivity contribution in [1.29, 1.82) is 5.26 Å². The maximum absolute atomic E-state index is 12.5. The van der Waals surface area contributed by atoms with E-state index in [4.69, 9.17) is 10.00 Å². The summed E-state index contributed by atoms with van der Waals surface area (Å²) in [5, 5.41) is 8.62. The van der Waals surface area contributed by atoms with Crippen LogP contribution in [0.4, 0.5) is 13.2 Å². The lowest BCUT2D eigenvalue weighted by Gasteiger charge is -2.09.